The molecule has 0 radical (unpaired) electrons. The monoisotopic (exact) mass is 360 g/mol. The lowest BCUT2D eigenvalue weighted by molar-refractivity contribution is -0.139. The summed E-state index contributed by atoms with van der Waals surface area (Å²) in [5.41, 5.74) is -0.0489. The molecule has 0 bridgehead atoms. The number of carbonyl (C=O) groups is 1. The number of amides is 1. The Kier molecular flexibility index (Phi) is 6.53. The number of hydrogen-bond acceptors (Lipinski definition) is 4. The van der Waals surface area contributed by atoms with Crippen molar-refractivity contribution in [2.45, 2.75) is 52.9 Å². The van der Waals surface area contributed by atoms with Gasteiger partial charge >= 0.3 is 6.18 Å². The lowest BCUT2D eigenvalue weighted by Gasteiger charge is -2.19. The molecule has 0 saturated heterocycles. The van der Waals surface area contributed by atoms with Crippen LogP contribution in [0.5, 0.6) is 0 Å². The molecule has 0 atom stereocenters. The largest absolute Gasteiger partial charge is 0.406 e. The van der Waals surface area contributed by atoms with Crippen LogP contribution < -0.4 is 5.32 Å². The first-order valence-corrected chi connectivity index (χ1v) is 7.37. The Labute approximate surface area is 144 Å². The van der Waals surface area contributed by atoms with Crippen molar-refractivity contribution in [3.8, 4) is 0 Å². The zero-order valence-corrected chi connectivity index (χ0v) is 13.6. The summed E-state index contributed by atoms with van der Waals surface area (Å²) in [6, 6.07) is 3.10. The van der Waals surface area contributed by atoms with Gasteiger partial charge in [-0.15, -0.1) is 0 Å². The van der Waals surface area contributed by atoms with Gasteiger partial charge in [-0.2, -0.15) is 13.2 Å². The second-order valence-corrected chi connectivity index (χ2v) is 6.24. The molecule has 140 valence electrons. The minimum absolute atomic E-state index is 0. The second kappa shape index (κ2) is 7.81. The molecule has 0 aliphatic heterocycles. The molecule has 25 heavy (non-hydrogen) atoms. The average Bonchev–Trinajstić information content (AvgIpc) is 2.73. The first kappa shape index (κ1) is 20.9. The quantitative estimate of drug-likeness (QED) is 0.881. The predicted molar refractivity (Wildman–Crippen MR) is 89.3 cm³/mol. The second-order valence-electron chi connectivity index (χ2n) is 6.24. The van der Waals surface area contributed by atoms with E-state index in [4.69, 9.17) is 4.74 Å². The number of imidazole rings is 1. The number of nitrogens with one attached hydrogen (secondary N) is 1. The maximum Gasteiger partial charge on any atom is 0.406 e. The average molecular weight is 360 g/mol. The van der Waals surface area contributed by atoms with E-state index in [0.29, 0.717) is 0 Å². The molecule has 0 fully saturated rings. The smallest absolute Gasteiger partial charge is 0.375 e. The van der Waals surface area contributed by atoms with Crippen LogP contribution in [-0.4, -0.2) is 38.8 Å². The predicted octanol–water partition coefficient (Wildman–Crippen LogP) is 3.77. The van der Waals surface area contributed by atoms with Gasteiger partial charge in [-0.1, -0.05) is 7.43 Å². The summed E-state index contributed by atoms with van der Waals surface area (Å²) in [5, 5.41) is 2.40. The first-order chi connectivity index (χ1) is 11.1. The molecule has 1 N–H and O–H groups in total. The van der Waals surface area contributed by atoms with E-state index in [1.54, 1.807) is 6.07 Å². The summed E-state index contributed by atoms with van der Waals surface area (Å²) >= 11 is 0. The van der Waals surface area contributed by atoms with Crippen molar-refractivity contribution in [3.63, 3.8) is 0 Å². The van der Waals surface area contributed by atoms with E-state index in [0.717, 1.165) is 4.57 Å². The molecule has 2 aromatic heterocycles. The van der Waals surface area contributed by atoms with Crippen molar-refractivity contribution < 1.29 is 22.7 Å². The number of carbonyl (C=O) groups excluding carboxylic acids is 1. The summed E-state index contributed by atoms with van der Waals surface area (Å²) in [4.78, 5) is 19.9. The SMILES string of the molecule is C.CC(C)(C)OCCC(=O)Nc1nc2cccnc2n1CC(F)(F)F. The maximum atomic E-state index is 12.8. The van der Waals surface area contributed by atoms with E-state index in [2.05, 4.69) is 15.3 Å². The van der Waals surface area contributed by atoms with Crippen molar-refractivity contribution in [1.82, 2.24) is 14.5 Å². The van der Waals surface area contributed by atoms with E-state index in [1.165, 1.54) is 12.3 Å². The van der Waals surface area contributed by atoms with Crippen molar-refractivity contribution in [2.24, 2.45) is 0 Å². The molecule has 2 aromatic rings. The highest BCUT2D eigenvalue weighted by Crippen LogP contribution is 2.24. The third-order valence-electron chi connectivity index (χ3n) is 2.96. The Bertz CT molecular complexity index is 720. The number of ether oxygens (including phenoxy) is 1. The topological polar surface area (TPSA) is 69.0 Å². The maximum absolute atomic E-state index is 12.8. The molecule has 0 aliphatic carbocycles. The standard InChI is InChI=1S/C15H19F3N4O2.CH4/c1-14(2,3)24-8-6-11(23)21-13-20-10-5-4-7-19-12(10)22(13)9-15(16,17)18;/h4-5,7H,6,8-9H2,1-3H3,(H,20,21,23);1H4. The van der Waals surface area contributed by atoms with Gasteiger partial charge in [0, 0.05) is 6.20 Å². The highest BCUT2D eigenvalue weighted by atomic mass is 19.4. The summed E-state index contributed by atoms with van der Waals surface area (Å²) in [5.74, 6) is -0.653. The van der Waals surface area contributed by atoms with Crippen LogP contribution in [0.15, 0.2) is 18.3 Å². The molecule has 2 heterocycles. The van der Waals surface area contributed by atoms with Gasteiger partial charge in [0.1, 0.15) is 12.1 Å². The first-order valence-electron chi connectivity index (χ1n) is 7.37. The number of anilines is 1. The van der Waals surface area contributed by atoms with Crippen LogP contribution >= 0.6 is 0 Å². The van der Waals surface area contributed by atoms with Gasteiger partial charge in [-0.3, -0.25) is 14.7 Å². The summed E-state index contributed by atoms with van der Waals surface area (Å²) in [7, 11) is 0. The highest BCUT2D eigenvalue weighted by molar-refractivity contribution is 5.91. The Hall–Kier alpha value is -2.16. The van der Waals surface area contributed by atoms with Crippen LogP contribution in [0, 0.1) is 0 Å². The molecular formula is C16H23F3N4O2. The van der Waals surface area contributed by atoms with Gasteiger partial charge in [0.25, 0.3) is 0 Å². The van der Waals surface area contributed by atoms with Crippen molar-refractivity contribution in [1.29, 1.82) is 0 Å². The Morgan fingerprint density at radius 3 is 2.60 bits per heavy atom. The fraction of sp³-hybridized carbons (Fsp3) is 0.562. The van der Waals surface area contributed by atoms with Crippen LogP contribution in [0.3, 0.4) is 0 Å². The van der Waals surface area contributed by atoms with Crippen LogP contribution in [0.1, 0.15) is 34.6 Å². The van der Waals surface area contributed by atoms with Crippen molar-refractivity contribution >= 4 is 23.0 Å². The summed E-state index contributed by atoms with van der Waals surface area (Å²) in [6.07, 6.45) is -3.07. The van der Waals surface area contributed by atoms with Crippen LogP contribution in [-0.2, 0) is 16.1 Å². The van der Waals surface area contributed by atoms with Gasteiger partial charge in [-0.25, -0.2) is 9.97 Å². The van der Waals surface area contributed by atoms with Crippen molar-refractivity contribution in [2.75, 3.05) is 11.9 Å². The van der Waals surface area contributed by atoms with Gasteiger partial charge in [0.05, 0.1) is 18.6 Å². The van der Waals surface area contributed by atoms with Crippen LogP contribution in [0.4, 0.5) is 19.1 Å². The lowest BCUT2D eigenvalue weighted by atomic mass is 10.2. The molecule has 0 unspecified atom stereocenters. The lowest BCUT2D eigenvalue weighted by Crippen LogP contribution is -2.25. The summed E-state index contributed by atoms with van der Waals surface area (Å²) in [6.45, 7) is 4.42. The molecule has 6 nitrogen and oxygen atoms in total. The molecule has 0 saturated carbocycles. The number of rotatable bonds is 5. The fourth-order valence-corrected chi connectivity index (χ4v) is 2.02. The van der Waals surface area contributed by atoms with Gasteiger partial charge in [0.2, 0.25) is 11.9 Å². The molecule has 0 aromatic carbocycles. The number of halogens is 3. The minimum Gasteiger partial charge on any atom is -0.375 e. The normalized spacial score (nSPS) is 12.1. The summed E-state index contributed by atoms with van der Waals surface area (Å²) < 4.78 is 44.6. The fourth-order valence-electron chi connectivity index (χ4n) is 2.02. The zero-order chi connectivity index (χ0) is 18.0. The number of alkyl halides is 3. The number of hydrogen-bond donors (Lipinski definition) is 1. The van der Waals surface area contributed by atoms with Crippen molar-refractivity contribution in [3.05, 3.63) is 18.3 Å². The number of fused-ring (bicyclic) bond motifs is 1. The van der Waals surface area contributed by atoms with Crippen LogP contribution in [0.25, 0.3) is 11.2 Å². The Morgan fingerprint density at radius 1 is 1.32 bits per heavy atom. The van der Waals surface area contributed by atoms with Crippen LogP contribution in [0.2, 0.25) is 0 Å². The van der Waals surface area contributed by atoms with E-state index >= 15 is 0 Å². The minimum atomic E-state index is -4.46. The Balaban J connectivity index is 0.00000312. The third-order valence-corrected chi connectivity index (χ3v) is 2.96. The van der Waals surface area contributed by atoms with E-state index in [-0.39, 0.29) is 37.6 Å². The number of aromatic nitrogens is 3. The molecule has 0 spiro atoms. The van der Waals surface area contributed by atoms with E-state index in [9.17, 15) is 18.0 Å². The zero-order valence-electron chi connectivity index (χ0n) is 13.6. The molecular weight excluding hydrogens is 337 g/mol. The Morgan fingerprint density at radius 2 is 2.00 bits per heavy atom. The highest BCUT2D eigenvalue weighted by Gasteiger charge is 2.31. The molecule has 0 aliphatic rings. The van der Waals surface area contributed by atoms with Gasteiger partial charge in [-0.05, 0) is 32.9 Å². The molecule has 9 heteroatoms. The number of pyridine rings is 1. The molecule has 1 amide bonds. The number of nitrogens with zero attached hydrogens (tertiary/aromatic N) is 3. The molecule has 2 rings (SSSR count). The third kappa shape index (κ3) is 6.33. The van der Waals surface area contributed by atoms with E-state index in [1.807, 2.05) is 20.8 Å². The van der Waals surface area contributed by atoms with E-state index < -0.39 is 24.2 Å². The van der Waals surface area contributed by atoms with Gasteiger partial charge in [0.15, 0.2) is 5.65 Å². The van der Waals surface area contributed by atoms with Gasteiger partial charge < -0.3 is 4.74 Å².